The molecule has 0 rings (SSSR count). The summed E-state index contributed by atoms with van der Waals surface area (Å²) in [6.45, 7) is 0. The van der Waals surface area contributed by atoms with Crippen molar-refractivity contribution in [1.82, 2.24) is 6.15 Å². The number of carboxylic acids is 1. The lowest BCUT2D eigenvalue weighted by molar-refractivity contribution is -0.444. The highest BCUT2D eigenvalue weighted by Gasteiger charge is 2.94. The zero-order valence-corrected chi connectivity index (χ0v) is 12.2. The number of rotatable bonds is 8. The van der Waals surface area contributed by atoms with Gasteiger partial charge in [-0.2, -0.15) is 61.5 Å². The first-order valence-corrected chi connectivity index (χ1v) is 5.55. The first-order valence-electron chi connectivity index (χ1n) is 5.55. The Hall–Kier alpha value is -1.69. The molecule has 0 aromatic heterocycles. The summed E-state index contributed by atoms with van der Waals surface area (Å²) >= 11 is 0. The van der Waals surface area contributed by atoms with Gasteiger partial charge in [-0.3, -0.25) is 0 Å². The van der Waals surface area contributed by atoms with Crippen molar-refractivity contribution in [2.45, 2.75) is 47.9 Å². The summed E-state index contributed by atoms with van der Waals surface area (Å²) in [5.74, 6) is -60.9. The first kappa shape index (κ1) is 28.5. The zero-order chi connectivity index (χ0) is 22.7. The maximum absolute atomic E-state index is 13.0. The zero-order valence-electron chi connectivity index (χ0n) is 12.2. The van der Waals surface area contributed by atoms with Crippen LogP contribution in [0.4, 0.5) is 70.2 Å². The van der Waals surface area contributed by atoms with Crippen LogP contribution in [-0.2, 0) is 4.79 Å². The lowest BCUT2D eigenvalue weighted by Crippen LogP contribution is -2.74. The average Bonchev–Trinajstić information content (AvgIpc) is 2.45. The minimum Gasteiger partial charge on any atom is -0.477 e. The van der Waals surface area contributed by atoms with Gasteiger partial charge in [0.2, 0.25) is 0 Å². The third-order valence-corrected chi connectivity index (χ3v) is 2.93. The van der Waals surface area contributed by atoms with Gasteiger partial charge < -0.3 is 11.3 Å². The molecule has 3 nitrogen and oxygen atoms in total. The molecule has 0 bridgehead atoms. The minimum atomic E-state index is -8.58. The van der Waals surface area contributed by atoms with Gasteiger partial charge in [-0.1, -0.05) is 0 Å². The largest absolute Gasteiger partial charge is 0.477 e. The van der Waals surface area contributed by atoms with Crippen molar-refractivity contribution in [2.75, 3.05) is 0 Å². The van der Waals surface area contributed by atoms with E-state index in [1.807, 2.05) is 0 Å². The van der Waals surface area contributed by atoms with E-state index in [0.717, 1.165) is 0 Å². The summed E-state index contributed by atoms with van der Waals surface area (Å²) in [7, 11) is 0. The Morgan fingerprint density at radius 3 is 1.07 bits per heavy atom. The van der Waals surface area contributed by atoms with Gasteiger partial charge in [-0.25, -0.2) is 13.6 Å². The van der Waals surface area contributed by atoms with E-state index in [1.165, 1.54) is 0 Å². The summed E-state index contributed by atoms with van der Waals surface area (Å²) in [5.41, 5.74) is 0. The molecule has 0 saturated carbocycles. The van der Waals surface area contributed by atoms with E-state index in [4.69, 9.17) is 5.11 Å². The molecule has 0 aliphatic heterocycles. The molecule has 0 fully saturated rings. The molecular formula is C9H5F16NO2. The van der Waals surface area contributed by atoms with Gasteiger partial charge >= 0.3 is 53.9 Å². The quantitative estimate of drug-likeness (QED) is 0.501. The van der Waals surface area contributed by atoms with Gasteiger partial charge in [0.05, 0.1) is 0 Å². The topological polar surface area (TPSA) is 72.3 Å². The van der Waals surface area contributed by atoms with Crippen molar-refractivity contribution >= 4 is 5.97 Å². The number of hydrogen-bond donors (Lipinski definition) is 2. The van der Waals surface area contributed by atoms with Gasteiger partial charge in [0, 0.05) is 0 Å². The molecule has 28 heavy (non-hydrogen) atoms. The fraction of sp³-hybridized carbons (Fsp3) is 0.889. The van der Waals surface area contributed by atoms with Crippen LogP contribution in [0.1, 0.15) is 0 Å². The average molecular weight is 463 g/mol. The van der Waals surface area contributed by atoms with Crippen LogP contribution in [0.2, 0.25) is 0 Å². The number of carboxylic acid groups (broad SMARTS) is 1. The highest BCUT2D eigenvalue weighted by atomic mass is 19.4. The van der Waals surface area contributed by atoms with Crippen LogP contribution in [0.3, 0.4) is 0 Å². The van der Waals surface area contributed by atoms with Gasteiger partial charge in [0.1, 0.15) is 0 Å². The summed E-state index contributed by atoms with van der Waals surface area (Å²) in [5, 5.41) is 7.61. The molecule has 0 aliphatic rings. The molecule has 0 radical (unpaired) electrons. The molecule has 0 spiro atoms. The highest BCUT2D eigenvalue weighted by molar-refractivity contribution is 5.77. The number of hydrogen-bond acceptors (Lipinski definition) is 2. The third kappa shape index (κ3) is 3.19. The molecule has 0 amide bonds. The Morgan fingerprint density at radius 2 is 0.821 bits per heavy atom. The van der Waals surface area contributed by atoms with E-state index in [9.17, 15) is 75.0 Å². The Morgan fingerprint density at radius 1 is 0.571 bits per heavy atom. The van der Waals surface area contributed by atoms with Crippen LogP contribution in [0.5, 0.6) is 0 Å². The van der Waals surface area contributed by atoms with E-state index in [-0.39, 0.29) is 6.15 Å². The standard InChI is InChI=1S/C9H2F16O2.H3N/c10-1(11)3(12,13)5(16,17)7(20,21)9(24,25)8(22,23)6(18,19)4(14,15)2(26)27;/h1H,(H,26,27);1H3. The smallest absolute Gasteiger partial charge is 0.410 e. The summed E-state index contributed by atoms with van der Waals surface area (Å²) < 4.78 is 202. The van der Waals surface area contributed by atoms with Gasteiger partial charge in [-0.05, 0) is 0 Å². The van der Waals surface area contributed by atoms with Gasteiger partial charge in [0.25, 0.3) is 0 Å². The summed E-state index contributed by atoms with van der Waals surface area (Å²) in [4.78, 5) is 9.77. The second-order valence-corrected chi connectivity index (χ2v) is 4.68. The van der Waals surface area contributed by atoms with Crippen LogP contribution < -0.4 is 6.15 Å². The molecule has 0 heterocycles. The fourth-order valence-corrected chi connectivity index (χ4v) is 1.27. The third-order valence-electron chi connectivity index (χ3n) is 2.93. The summed E-state index contributed by atoms with van der Waals surface area (Å²) in [6, 6.07) is 0. The molecule has 0 unspecified atom stereocenters. The SMILES string of the molecule is N.O=C(O)C(F)(F)C(F)(F)C(F)(F)C(F)(F)C(F)(F)C(F)(F)C(F)(F)C(F)F. The van der Waals surface area contributed by atoms with Crippen molar-refractivity contribution in [3.05, 3.63) is 0 Å². The maximum atomic E-state index is 13.0. The van der Waals surface area contributed by atoms with Crippen LogP contribution >= 0.6 is 0 Å². The maximum Gasteiger partial charge on any atom is 0.410 e. The van der Waals surface area contributed by atoms with Crippen LogP contribution in [0.25, 0.3) is 0 Å². The predicted octanol–water partition coefficient (Wildman–Crippen LogP) is 4.95. The Balaban J connectivity index is 0. The van der Waals surface area contributed by atoms with Crippen molar-refractivity contribution in [2.24, 2.45) is 0 Å². The molecule has 0 aromatic rings. The second kappa shape index (κ2) is 6.97. The molecule has 0 aromatic carbocycles. The molecule has 19 heteroatoms. The number of aliphatic carboxylic acids is 1. The molecule has 0 aliphatic carbocycles. The van der Waals surface area contributed by atoms with Gasteiger partial charge in [0.15, 0.2) is 0 Å². The highest BCUT2D eigenvalue weighted by Crippen LogP contribution is 2.62. The van der Waals surface area contributed by atoms with E-state index < -0.39 is 53.9 Å². The van der Waals surface area contributed by atoms with Crippen LogP contribution in [0.15, 0.2) is 0 Å². The van der Waals surface area contributed by atoms with Crippen LogP contribution in [0, 0.1) is 0 Å². The Bertz CT molecular complexity index is 585. The van der Waals surface area contributed by atoms with Crippen molar-refractivity contribution in [3.63, 3.8) is 0 Å². The number of alkyl halides is 16. The normalized spacial score (nSPS) is 15.5. The summed E-state index contributed by atoms with van der Waals surface area (Å²) in [6.07, 6.45) is -5.93. The van der Waals surface area contributed by atoms with Crippen molar-refractivity contribution < 1.29 is 80.1 Å². The Labute approximate surface area is 141 Å². The molecular weight excluding hydrogens is 458 g/mol. The van der Waals surface area contributed by atoms with Crippen LogP contribution in [-0.4, -0.2) is 59.0 Å². The fourth-order valence-electron chi connectivity index (χ4n) is 1.27. The molecule has 0 atom stereocenters. The van der Waals surface area contributed by atoms with Crippen molar-refractivity contribution in [1.29, 1.82) is 0 Å². The molecule has 170 valence electrons. The number of halogens is 16. The second-order valence-electron chi connectivity index (χ2n) is 4.68. The lowest BCUT2D eigenvalue weighted by Gasteiger charge is -2.41. The van der Waals surface area contributed by atoms with Crippen molar-refractivity contribution in [3.8, 4) is 0 Å². The molecule has 0 saturated heterocycles. The monoisotopic (exact) mass is 463 g/mol. The minimum absolute atomic E-state index is 0. The van der Waals surface area contributed by atoms with E-state index in [2.05, 4.69) is 0 Å². The molecule has 4 N–H and O–H groups in total. The Kier molecular flexibility index (Phi) is 7.10. The van der Waals surface area contributed by atoms with E-state index >= 15 is 0 Å². The first-order chi connectivity index (χ1) is 11.4. The number of carbonyl (C=O) groups is 1. The van der Waals surface area contributed by atoms with E-state index in [0.29, 0.717) is 0 Å². The lowest BCUT2D eigenvalue weighted by atomic mass is 9.89. The van der Waals surface area contributed by atoms with Gasteiger partial charge in [-0.15, -0.1) is 0 Å². The van der Waals surface area contributed by atoms with E-state index in [1.54, 1.807) is 0 Å². The predicted molar refractivity (Wildman–Crippen MR) is 53.3 cm³/mol.